The summed E-state index contributed by atoms with van der Waals surface area (Å²) in [4.78, 5) is 25.3. The van der Waals surface area contributed by atoms with Crippen molar-refractivity contribution in [3.05, 3.63) is 64.1 Å². The summed E-state index contributed by atoms with van der Waals surface area (Å²) in [6.07, 6.45) is 5.64. The summed E-state index contributed by atoms with van der Waals surface area (Å²) in [5.74, 6) is 0.127. The number of amides is 1. The van der Waals surface area contributed by atoms with Crippen molar-refractivity contribution in [2.75, 3.05) is 5.32 Å². The second-order valence-corrected chi connectivity index (χ2v) is 7.52. The Morgan fingerprint density at radius 2 is 1.76 bits per heavy atom. The summed E-state index contributed by atoms with van der Waals surface area (Å²) in [7, 11) is 0. The summed E-state index contributed by atoms with van der Waals surface area (Å²) in [5.41, 5.74) is 2.15. The number of rotatable bonds is 5. The van der Waals surface area contributed by atoms with Crippen LogP contribution in [0.15, 0.2) is 53.0 Å². The third-order valence-electron chi connectivity index (χ3n) is 4.72. The van der Waals surface area contributed by atoms with Crippen LogP contribution in [0.5, 0.6) is 0 Å². The molecule has 1 saturated carbocycles. The number of para-hydroxylation sites is 1. The average Bonchev–Trinajstić information content (AvgIpc) is 2.63. The lowest BCUT2D eigenvalue weighted by atomic mass is 9.88. The standard InChI is InChI=1S/C21H22BrNO2/c22-17-10-6-7-15(13-17)14-20(24)18-11-4-5-12-19(18)23-21(25)16-8-2-1-3-9-16/h4-7,10-13,16H,1-3,8-9,14H2,(H,23,25). The molecule has 2 aromatic carbocycles. The van der Waals surface area contributed by atoms with Crippen molar-refractivity contribution in [3.8, 4) is 0 Å². The highest BCUT2D eigenvalue weighted by Gasteiger charge is 2.22. The molecular weight excluding hydrogens is 378 g/mol. The van der Waals surface area contributed by atoms with Crippen LogP contribution >= 0.6 is 15.9 Å². The van der Waals surface area contributed by atoms with Gasteiger partial charge in [0.1, 0.15) is 0 Å². The topological polar surface area (TPSA) is 46.2 Å². The lowest BCUT2D eigenvalue weighted by molar-refractivity contribution is -0.120. The van der Waals surface area contributed by atoms with Crippen molar-refractivity contribution in [1.29, 1.82) is 0 Å². The molecule has 3 rings (SSSR count). The predicted molar refractivity (Wildman–Crippen MR) is 104 cm³/mol. The van der Waals surface area contributed by atoms with Gasteiger partial charge in [0.25, 0.3) is 0 Å². The Labute approximate surface area is 157 Å². The van der Waals surface area contributed by atoms with Gasteiger partial charge in [0.05, 0.1) is 5.69 Å². The maximum absolute atomic E-state index is 12.7. The Morgan fingerprint density at radius 3 is 2.52 bits per heavy atom. The van der Waals surface area contributed by atoms with Crippen LogP contribution in [0.1, 0.15) is 48.0 Å². The lowest BCUT2D eigenvalue weighted by Gasteiger charge is -2.21. The smallest absolute Gasteiger partial charge is 0.227 e. The first-order valence-corrected chi connectivity index (χ1v) is 9.60. The van der Waals surface area contributed by atoms with E-state index in [1.54, 1.807) is 6.07 Å². The molecule has 3 nitrogen and oxygen atoms in total. The number of carbonyl (C=O) groups is 2. The van der Waals surface area contributed by atoms with Gasteiger partial charge in [0.2, 0.25) is 5.91 Å². The Kier molecular flexibility index (Phi) is 6.03. The molecule has 0 aliphatic heterocycles. The third-order valence-corrected chi connectivity index (χ3v) is 5.21. The van der Waals surface area contributed by atoms with E-state index in [0.717, 1.165) is 35.7 Å². The predicted octanol–water partition coefficient (Wildman–Crippen LogP) is 5.39. The van der Waals surface area contributed by atoms with E-state index in [-0.39, 0.29) is 17.6 Å². The molecule has 4 heteroatoms. The minimum absolute atomic E-state index is 0.0117. The fourth-order valence-corrected chi connectivity index (χ4v) is 3.81. The fraction of sp³-hybridized carbons (Fsp3) is 0.333. The van der Waals surface area contributed by atoms with Crippen LogP contribution in [0.25, 0.3) is 0 Å². The highest BCUT2D eigenvalue weighted by molar-refractivity contribution is 9.10. The molecule has 1 N–H and O–H groups in total. The quantitative estimate of drug-likeness (QED) is 0.684. The molecule has 0 heterocycles. The van der Waals surface area contributed by atoms with Crippen LogP contribution < -0.4 is 5.32 Å². The van der Waals surface area contributed by atoms with Gasteiger partial charge in [-0.1, -0.05) is 59.5 Å². The maximum Gasteiger partial charge on any atom is 0.227 e. The fourth-order valence-electron chi connectivity index (χ4n) is 3.36. The van der Waals surface area contributed by atoms with E-state index in [1.807, 2.05) is 42.5 Å². The molecule has 0 spiro atoms. The number of Topliss-reactive ketones (excluding diaryl/α,β-unsaturated/α-hetero) is 1. The van der Waals surface area contributed by atoms with Crippen molar-refractivity contribution < 1.29 is 9.59 Å². The van der Waals surface area contributed by atoms with Gasteiger partial charge in [-0.2, -0.15) is 0 Å². The number of hydrogen-bond donors (Lipinski definition) is 1. The molecule has 1 fully saturated rings. The Hall–Kier alpha value is -1.94. The van der Waals surface area contributed by atoms with Gasteiger partial charge < -0.3 is 5.32 Å². The molecule has 0 bridgehead atoms. The van der Waals surface area contributed by atoms with Gasteiger partial charge in [0.15, 0.2) is 5.78 Å². The van der Waals surface area contributed by atoms with E-state index >= 15 is 0 Å². The van der Waals surface area contributed by atoms with Crippen LogP contribution in [0.4, 0.5) is 5.69 Å². The first-order chi connectivity index (χ1) is 12.1. The van der Waals surface area contributed by atoms with Gasteiger partial charge in [-0.3, -0.25) is 9.59 Å². The monoisotopic (exact) mass is 399 g/mol. The van der Waals surface area contributed by atoms with Crippen molar-refractivity contribution in [2.24, 2.45) is 5.92 Å². The molecule has 1 amide bonds. The summed E-state index contributed by atoms with van der Waals surface area (Å²) in [5, 5.41) is 2.99. The molecule has 0 unspecified atom stereocenters. The maximum atomic E-state index is 12.7. The van der Waals surface area contributed by atoms with Gasteiger partial charge in [-0.25, -0.2) is 0 Å². The largest absolute Gasteiger partial charge is 0.325 e. The van der Waals surface area contributed by atoms with Crippen molar-refractivity contribution in [3.63, 3.8) is 0 Å². The van der Waals surface area contributed by atoms with E-state index in [1.165, 1.54) is 6.42 Å². The molecule has 0 atom stereocenters. The molecule has 25 heavy (non-hydrogen) atoms. The Balaban J connectivity index is 1.73. The molecule has 1 aliphatic rings. The molecule has 1 aliphatic carbocycles. The first-order valence-electron chi connectivity index (χ1n) is 8.81. The van der Waals surface area contributed by atoms with Crippen LogP contribution in [-0.4, -0.2) is 11.7 Å². The zero-order chi connectivity index (χ0) is 17.6. The van der Waals surface area contributed by atoms with Crippen LogP contribution in [0.3, 0.4) is 0 Å². The normalized spacial score (nSPS) is 14.9. The lowest BCUT2D eigenvalue weighted by Crippen LogP contribution is -2.25. The molecule has 0 saturated heterocycles. The van der Waals surface area contributed by atoms with Gasteiger partial charge in [-0.05, 0) is 42.7 Å². The number of hydrogen-bond acceptors (Lipinski definition) is 2. The second kappa shape index (κ2) is 8.43. The summed E-state index contributed by atoms with van der Waals surface area (Å²) < 4.78 is 0.955. The van der Waals surface area contributed by atoms with Gasteiger partial charge in [0, 0.05) is 22.4 Å². The minimum atomic E-state index is 0.0117. The highest BCUT2D eigenvalue weighted by Crippen LogP contribution is 2.26. The molecule has 2 aromatic rings. The van der Waals surface area contributed by atoms with Gasteiger partial charge in [-0.15, -0.1) is 0 Å². The van der Waals surface area contributed by atoms with Crippen LogP contribution in [-0.2, 0) is 11.2 Å². The Bertz CT molecular complexity index is 766. The number of ketones is 1. The number of carbonyl (C=O) groups excluding carboxylic acids is 2. The van der Waals surface area contributed by atoms with Crippen LogP contribution in [0, 0.1) is 5.92 Å². The minimum Gasteiger partial charge on any atom is -0.325 e. The second-order valence-electron chi connectivity index (χ2n) is 6.60. The number of anilines is 1. The molecule has 0 aromatic heterocycles. The zero-order valence-electron chi connectivity index (χ0n) is 14.1. The van der Waals surface area contributed by atoms with E-state index in [4.69, 9.17) is 0 Å². The first kappa shape index (κ1) is 17.9. The zero-order valence-corrected chi connectivity index (χ0v) is 15.7. The van der Waals surface area contributed by atoms with Crippen molar-refractivity contribution >= 4 is 33.3 Å². The summed E-state index contributed by atoms with van der Waals surface area (Å²) >= 11 is 3.43. The molecule has 0 radical (unpaired) electrons. The SMILES string of the molecule is O=C(Cc1cccc(Br)c1)c1ccccc1NC(=O)C1CCCCC1. The van der Waals surface area contributed by atoms with Gasteiger partial charge >= 0.3 is 0 Å². The van der Waals surface area contributed by atoms with Crippen molar-refractivity contribution in [1.82, 2.24) is 0 Å². The van der Waals surface area contributed by atoms with E-state index in [9.17, 15) is 9.59 Å². The summed E-state index contributed by atoms with van der Waals surface area (Å²) in [6, 6.07) is 15.0. The molecular formula is C21H22BrNO2. The average molecular weight is 400 g/mol. The van der Waals surface area contributed by atoms with E-state index < -0.39 is 0 Å². The number of nitrogens with one attached hydrogen (secondary N) is 1. The third kappa shape index (κ3) is 4.79. The highest BCUT2D eigenvalue weighted by atomic mass is 79.9. The Morgan fingerprint density at radius 1 is 1.00 bits per heavy atom. The van der Waals surface area contributed by atoms with E-state index in [0.29, 0.717) is 17.7 Å². The van der Waals surface area contributed by atoms with E-state index in [2.05, 4.69) is 21.2 Å². The number of benzene rings is 2. The number of halogens is 1. The molecule has 130 valence electrons. The van der Waals surface area contributed by atoms with Crippen molar-refractivity contribution in [2.45, 2.75) is 38.5 Å². The van der Waals surface area contributed by atoms with Crippen LogP contribution in [0.2, 0.25) is 0 Å². The summed E-state index contributed by atoms with van der Waals surface area (Å²) in [6.45, 7) is 0.